The Bertz CT molecular complexity index is 1210. The highest BCUT2D eigenvalue weighted by Crippen LogP contribution is 2.35. The maximum atomic E-state index is 13.1. The van der Waals surface area contributed by atoms with Crippen LogP contribution < -0.4 is 16.0 Å². The first kappa shape index (κ1) is 25.8. The number of nitrogens with zero attached hydrogens (tertiary/aromatic N) is 1. The lowest BCUT2D eigenvalue weighted by molar-refractivity contribution is -0.936. The number of thiophene rings is 1. The van der Waals surface area contributed by atoms with E-state index in [1.165, 1.54) is 44.8 Å². The predicted molar refractivity (Wildman–Crippen MR) is 134 cm³/mol. The molecule has 0 radical (unpaired) electrons. The molecule has 3 unspecified atom stereocenters. The number of carbonyl (C=O) groups excluding carboxylic acids is 2. The second-order valence-electron chi connectivity index (χ2n) is 9.62. The molecule has 0 spiro atoms. The second kappa shape index (κ2) is 9.98. The number of rotatable bonds is 6. The second-order valence-corrected chi connectivity index (χ2v) is 12.7. The van der Waals surface area contributed by atoms with E-state index < -0.39 is 21.8 Å². The Morgan fingerprint density at radius 1 is 1.17 bits per heavy atom. The van der Waals surface area contributed by atoms with Gasteiger partial charge in [0.15, 0.2) is 0 Å². The van der Waals surface area contributed by atoms with Gasteiger partial charge in [-0.1, -0.05) is 0 Å². The third-order valence-electron chi connectivity index (χ3n) is 6.60. The molecular formula is C24H33N4O5S2+. The van der Waals surface area contributed by atoms with Crippen molar-refractivity contribution in [2.75, 3.05) is 25.0 Å². The van der Waals surface area contributed by atoms with E-state index in [0.717, 1.165) is 30.0 Å². The van der Waals surface area contributed by atoms with Crippen molar-refractivity contribution in [3.05, 3.63) is 45.8 Å². The number of benzene rings is 1. The van der Waals surface area contributed by atoms with Crippen molar-refractivity contribution in [3.63, 3.8) is 0 Å². The minimum absolute atomic E-state index is 0.122. The van der Waals surface area contributed by atoms with Crippen LogP contribution in [0.4, 0.5) is 5.00 Å². The van der Waals surface area contributed by atoms with Crippen molar-refractivity contribution in [3.8, 4) is 0 Å². The topological polar surface area (TPSA) is 123 Å². The van der Waals surface area contributed by atoms with Crippen LogP contribution in [0.5, 0.6) is 0 Å². The summed E-state index contributed by atoms with van der Waals surface area (Å²) in [4.78, 5) is 27.8. The third-order valence-corrected chi connectivity index (χ3v) is 9.60. The normalized spacial score (nSPS) is 23.2. The van der Waals surface area contributed by atoms with Gasteiger partial charge in [-0.2, -0.15) is 4.31 Å². The third kappa shape index (κ3) is 5.29. The van der Waals surface area contributed by atoms with Gasteiger partial charge < -0.3 is 20.7 Å². The van der Waals surface area contributed by atoms with Crippen LogP contribution in [-0.4, -0.2) is 62.4 Å². The molecule has 3 atom stereocenters. The van der Waals surface area contributed by atoms with Crippen LogP contribution in [0.25, 0.3) is 0 Å². The Balaban J connectivity index is 1.53. The van der Waals surface area contributed by atoms with Gasteiger partial charge in [0, 0.05) is 25.1 Å². The van der Waals surface area contributed by atoms with Gasteiger partial charge in [-0.3, -0.25) is 9.59 Å². The number of morpholine rings is 1. The number of primary amides is 1. The molecule has 0 aliphatic carbocycles. The maximum absolute atomic E-state index is 13.1. The van der Waals surface area contributed by atoms with E-state index in [4.69, 9.17) is 10.5 Å². The van der Waals surface area contributed by atoms with E-state index in [9.17, 15) is 18.0 Å². The van der Waals surface area contributed by atoms with Crippen molar-refractivity contribution in [1.29, 1.82) is 0 Å². The van der Waals surface area contributed by atoms with Crippen molar-refractivity contribution < 1.29 is 27.6 Å². The summed E-state index contributed by atoms with van der Waals surface area (Å²) in [6.07, 6.45) is 0.353. The Labute approximate surface area is 210 Å². The van der Waals surface area contributed by atoms with E-state index in [0.29, 0.717) is 22.2 Å². The van der Waals surface area contributed by atoms with E-state index in [-0.39, 0.29) is 30.2 Å². The van der Waals surface area contributed by atoms with Crippen molar-refractivity contribution >= 4 is 38.2 Å². The molecule has 1 aromatic carbocycles. The number of hydrogen-bond acceptors (Lipinski definition) is 6. The zero-order valence-corrected chi connectivity index (χ0v) is 22.1. The summed E-state index contributed by atoms with van der Waals surface area (Å²) in [6.45, 7) is 10.3. The molecule has 2 aromatic rings. The van der Waals surface area contributed by atoms with Crippen LogP contribution in [0, 0.1) is 0 Å². The lowest BCUT2D eigenvalue weighted by Gasteiger charge is -2.34. The fourth-order valence-corrected chi connectivity index (χ4v) is 7.66. The summed E-state index contributed by atoms with van der Waals surface area (Å²) >= 11 is 1.39. The Morgan fingerprint density at radius 3 is 2.37 bits per heavy atom. The molecule has 0 bridgehead atoms. The molecule has 2 amide bonds. The summed E-state index contributed by atoms with van der Waals surface area (Å²) in [5.74, 6) is -0.974. The number of anilines is 1. The molecule has 35 heavy (non-hydrogen) atoms. The molecule has 190 valence electrons. The van der Waals surface area contributed by atoms with Crippen LogP contribution in [0.15, 0.2) is 29.2 Å². The standard InChI is InChI=1S/C24H32N4O5S2/c1-14(2)27-10-9-19-20(13-27)34-24(21(19)22(25)29)26-23(30)17-5-7-18(8-6-17)35(31,32)28-11-15(3)33-16(4)12-28/h5-8,14-16H,9-13H2,1-4H3,(H2,25,29)(H,26,30)/p+1. The van der Waals surface area contributed by atoms with E-state index in [1.54, 1.807) is 0 Å². The van der Waals surface area contributed by atoms with E-state index in [1.807, 2.05) is 13.8 Å². The zero-order valence-electron chi connectivity index (χ0n) is 20.5. The fourth-order valence-electron chi connectivity index (χ4n) is 4.77. The highest BCUT2D eigenvalue weighted by Gasteiger charge is 2.33. The monoisotopic (exact) mass is 521 g/mol. The van der Waals surface area contributed by atoms with E-state index >= 15 is 0 Å². The number of carbonyl (C=O) groups is 2. The smallest absolute Gasteiger partial charge is 0.256 e. The lowest BCUT2D eigenvalue weighted by Crippen LogP contribution is -3.14. The maximum Gasteiger partial charge on any atom is 0.256 e. The number of quaternary nitrogens is 1. The van der Waals surface area contributed by atoms with Gasteiger partial charge in [0.25, 0.3) is 11.8 Å². The van der Waals surface area contributed by atoms with Gasteiger partial charge in [0.05, 0.1) is 40.1 Å². The minimum atomic E-state index is -3.70. The van der Waals surface area contributed by atoms with Crippen LogP contribution in [0.3, 0.4) is 0 Å². The first-order valence-corrected chi connectivity index (χ1v) is 14.1. The number of hydrogen-bond donors (Lipinski definition) is 3. The van der Waals surface area contributed by atoms with Crippen LogP contribution >= 0.6 is 11.3 Å². The molecule has 3 heterocycles. The number of amides is 2. The van der Waals surface area contributed by atoms with Gasteiger partial charge in [-0.25, -0.2) is 8.42 Å². The highest BCUT2D eigenvalue weighted by atomic mass is 32.2. The lowest BCUT2D eigenvalue weighted by atomic mass is 10.0. The molecular weight excluding hydrogens is 488 g/mol. The van der Waals surface area contributed by atoms with E-state index in [2.05, 4.69) is 19.2 Å². The highest BCUT2D eigenvalue weighted by molar-refractivity contribution is 7.89. The molecule has 2 aliphatic heterocycles. The van der Waals surface area contributed by atoms with Gasteiger partial charge in [-0.15, -0.1) is 11.3 Å². The quantitative estimate of drug-likeness (QED) is 0.528. The number of ether oxygens (including phenoxy) is 1. The van der Waals surface area contributed by atoms with Gasteiger partial charge in [0.2, 0.25) is 10.0 Å². The molecule has 9 nitrogen and oxygen atoms in total. The molecule has 1 aromatic heterocycles. The van der Waals surface area contributed by atoms with Crippen LogP contribution in [-0.2, 0) is 27.7 Å². The summed E-state index contributed by atoms with van der Waals surface area (Å²) in [5.41, 5.74) is 7.29. The first-order chi connectivity index (χ1) is 16.5. The van der Waals surface area contributed by atoms with Crippen molar-refractivity contribution in [1.82, 2.24) is 4.31 Å². The molecule has 2 aliphatic rings. The molecule has 0 saturated carbocycles. The molecule has 4 rings (SSSR count). The van der Waals surface area contributed by atoms with Crippen molar-refractivity contribution in [2.45, 2.75) is 63.8 Å². The average molecular weight is 522 g/mol. The summed E-state index contributed by atoms with van der Waals surface area (Å²) in [7, 11) is -3.70. The first-order valence-electron chi connectivity index (χ1n) is 11.8. The Hall–Kier alpha value is -2.31. The van der Waals surface area contributed by atoms with Gasteiger partial charge in [0.1, 0.15) is 11.5 Å². The molecule has 1 fully saturated rings. The number of sulfonamides is 1. The van der Waals surface area contributed by atoms with Crippen LogP contribution in [0.1, 0.15) is 58.9 Å². The van der Waals surface area contributed by atoms with Gasteiger partial charge in [-0.05, 0) is 57.5 Å². The number of fused-ring (bicyclic) bond motifs is 1. The van der Waals surface area contributed by atoms with Crippen LogP contribution in [0.2, 0.25) is 0 Å². The summed E-state index contributed by atoms with van der Waals surface area (Å²) in [5, 5.41) is 3.29. The summed E-state index contributed by atoms with van der Waals surface area (Å²) in [6, 6.07) is 6.30. The SMILES string of the molecule is CC1CN(S(=O)(=O)c2ccc(C(=O)Nc3sc4c(c3C(N)=O)CC[NH+](C(C)C)C4)cc2)CC(C)O1. The zero-order chi connectivity index (χ0) is 25.5. The minimum Gasteiger partial charge on any atom is -0.373 e. The molecule has 1 saturated heterocycles. The Morgan fingerprint density at radius 2 is 1.80 bits per heavy atom. The summed E-state index contributed by atoms with van der Waals surface area (Å²) < 4.78 is 33.2. The Kier molecular flexibility index (Phi) is 7.35. The van der Waals surface area contributed by atoms with Crippen molar-refractivity contribution in [2.24, 2.45) is 5.73 Å². The average Bonchev–Trinajstić information content (AvgIpc) is 3.15. The number of nitrogens with two attached hydrogens (primary N) is 1. The van der Waals surface area contributed by atoms with Gasteiger partial charge >= 0.3 is 0 Å². The largest absolute Gasteiger partial charge is 0.373 e. The molecule has 4 N–H and O–H groups in total. The predicted octanol–water partition coefficient (Wildman–Crippen LogP) is 1.25. The number of nitrogens with one attached hydrogen (secondary N) is 2. The molecule has 11 heteroatoms. The fraction of sp³-hybridized carbons (Fsp3) is 0.500.